The molecule has 0 saturated heterocycles. The van der Waals surface area contributed by atoms with Gasteiger partial charge in [0.05, 0.1) is 29.5 Å². The normalized spacial score (nSPS) is 11.1. The molecular formula is C22H24N6O. The molecule has 0 bridgehead atoms. The number of carbonyl (C=O) groups excluding carboxylic acids is 1. The highest BCUT2D eigenvalue weighted by Gasteiger charge is 2.15. The van der Waals surface area contributed by atoms with Crippen LogP contribution in [0.15, 0.2) is 60.9 Å². The number of fused-ring (bicyclic) bond motifs is 1. The number of carbonyl (C=O) groups is 1. The lowest BCUT2D eigenvalue weighted by Crippen LogP contribution is -2.22. The number of hydrogen-bond acceptors (Lipinski definition) is 4. The molecule has 1 amide bonds. The number of rotatable bonds is 8. The first kappa shape index (κ1) is 18.9. The minimum Gasteiger partial charge on any atom is -0.318 e. The van der Waals surface area contributed by atoms with Crippen LogP contribution in [-0.2, 0) is 24.3 Å². The Bertz CT molecular complexity index is 1100. The summed E-state index contributed by atoms with van der Waals surface area (Å²) in [5, 5.41) is 7.29. The Kier molecular flexibility index (Phi) is 5.65. The fourth-order valence-electron chi connectivity index (χ4n) is 3.36. The zero-order valence-electron chi connectivity index (χ0n) is 16.5. The third kappa shape index (κ3) is 4.34. The number of aryl methyl sites for hydroxylation is 1. The Morgan fingerprint density at radius 1 is 1.07 bits per heavy atom. The average Bonchev–Trinajstić information content (AvgIpc) is 3.31. The summed E-state index contributed by atoms with van der Waals surface area (Å²) in [5.41, 5.74) is 2.79. The summed E-state index contributed by atoms with van der Waals surface area (Å²) < 4.78 is 3.75. The lowest BCUT2D eigenvalue weighted by molar-refractivity contribution is -0.116. The number of hydrogen-bond donors (Lipinski definition) is 1. The van der Waals surface area contributed by atoms with Crippen LogP contribution in [-0.4, -0.2) is 30.2 Å². The molecule has 29 heavy (non-hydrogen) atoms. The standard InChI is InChI=1S/C22H24N6O/c1-2-3-11-20-25-18-9-4-5-10-19(18)27(20)16-22(29)26-21-12-14-24-28(21)15-17-8-6-7-13-23-17/h4-10,12-14H,2-3,11,15-16H2,1H3,(H,26,29). The van der Waals surface area contributed by atoms with Gasteiger partial charge in [0.2, 0.25) is 5.91 Å². The second kappa shape index (κ2) is 8.68. The van der Waals surface area contributed by atoms with Gasteiger partial charge in [-0.2, -0.15) is 5.10 Å². The van der Waals surface area contributed by atoms with E-state index in [2.05, 4.69) is 22.3 Å². The van der Waals surface area contributed by atoms with Crippen molar-refractivity contribution < 1.29 is 4.79 Å². The van der Waals surface area contributed by atoms with E-state index in [1.165, 1.54) is 0 Å². The van der Waals surface area contributed by atoms with Crippen molar-refractivity contribution >= 4 is 22.8 Å². The van der Waals surface area contributed by atoms with Crippen molar-refractivity contribution in [2.45, 2.75) is 39.3 Å². The first-order valence-electron chi connectivity index (χ1n) is 9.90. The van der Waals surface area contributed by atoms with Gasteiger partial charge in [-0.05, 0) is 30.7 Å². The van der Waals surface area contributed by atoms with Gasteiger partial charge < -0.3 is 9.88 Å². The van der Waals surface area contributed by atoms with E-state index in [0.717, 1.165) is 41.8 Å². The third-order valence-electron chi connectivity index (χ3n) is 4.81. The van der Waals surface area contributed by atoms with Gasteiger partial charge in [0.1, 0.15) is 18.2 Å². The predicted molar refractivity (Wildman–Crippen MR) is 113 cm³/mol. The van der Waals surface area contributed by atoms with Crippen molar-refractivity contribution in [3.05, 3.63) is 72.4 Å². The Morgan fingerprint density at radius 2 is 1.93 bits per heavy atom. The van der Waals surface area contributed by atoms with Crippen molar-refractivity contribution in [1.82, 2.24) is 24.3 Å². The lowest BCUT2D eigenvalue weighted by atomic mass is 10.2. The van der Waals surface area contributed by atoms with Crippen LogP contribution in [0.25, 0.3) is 11.0 Å². The molecular weight excluding hydrogens is 364 g/mol. The van der Waals surface area contributed by atoms with Crippen LogP contribution in [0.1, 0.15) is 31.3 Å². The first-order valence-corrected chi connectivity index (χ1v) is 9.90. The molecule has 3 aromatic heterocycles. The molecule has 0 spiro atoms. The van der Waals surface area contributed by atoms with Crippen LogP contribution in [0.2, 0.25) is 0 Å². The molecule has 0 radical (unpaired) electrons. The summed E-state index contributed by atoms with van der Waals surface area (Å²) in [6.07, 6.45) is 6.41. The molecule has 0 atom stereocenters. The Hall–Kier alpha value is -3.48. The van der Waals surface area contributed by atoms with Gasteiger partial charge in [-0.25, -0.2) is 9.67 Å². The molecule has 7 nitrogen and oxygen atoms in total. The molecule has 0 aliphatic rings. The highest BCUT2D eigenvalue weighted by Crippen LogP contribution is 2.18. The quantitative estimate of drug-likeness (QED) is 0.500. The van der Waals surface area contributed by atoms with Crippen LogP contribution in [0.3, 0.4) is 0 Å². The number of benzene rings is 1. The number of unbranched alkanes of at least 4 members (excludes halogenated alkanes) is 1. The summed E-state index contributed by atoms with van der Waals surface area (Å²) in [4.78, 5) is 21.9. The van der Waals surface area contributed by atoms with E-state index in [0.29, 0.717) is 12.4 Å². The molecule has 7 heteroatoms. The predicted octanol–water partition coefficient (Wildman–Crippen LogP) is 3.66. The highest BCUT2D eigenvalue weighted by molar-refractivity contribution is 5.91. The minimum atomic E-state index is -0.103. The molecule has 0 fully saturated rings. The summed E-state index contributed by atoms with van der Waals surface area (Å²) >= 11 is 0. The molecule has 3 heterocycles. The van der Waals surface area contributed by atoms with Crippen LogP contribution < -0.4 is 5.32 Å². The number of para-hydroxylation sites is 2. The Balaban J connectivity index is 1.52. The van der Waals surface area contributed by atoms with Crippen molar-refractivity contribution in [1.29, 1.82) is 0 Å². The maximum atomic E-state index is 12.8. The van der Waals surface area contributed by atoms with Gasteiger partial charge in [-0.15, -0.1) is 0 Å². The summed E-state index contributed by atoms with van der Waals surface area (Å²) in [5.74, 6) is 1.50. The Labute approximate surface area is 169 Å². The maximum absolute atomic E-state index is 12.8. The summed E-state index contributed by atoms with van der Waals surface area (Å²) in [6, 6.07) is 15.5. The van der Waals surface area contributed by atoms with E-state index in [1.54, 1.807) is 23.1 Å². The average molecular weight is 388 g/mol. The van der Waals surface area contributed by atoms with E-state index in [1.807, 2.05) is 47.0 Å². The largest absolute Gasteiger partial charge is 0.318 e. The molecule has 0 unspecified atom stereocenters. The summed E-state index contributed by atoms with van der Waals surface area (Å²) in [7, 11) is 0. The maximum Gasteiger partial charge on any atom is 0.245 e. The van der Waals surface area contributed by atoms with Gasteiger partial charge in [0, 0.05) is 18.7 Å². The highest BCUT2D eigenvalue weighted by atomic mass is 16.2. The number of anilines is 1. The van der Waals surface area contributed by atoms with E-state index in [-0.39, 0.29) is 12.5 Å². The number of pyridine rings is 1. The van der Waals surface area contributed by atoms with Gasteiger partial charge in [0.25, 0.3) is 0 Å². The second-order valence-corrected chi connectivity index (χ2v) is 6.95. The van der Waals surface area contributed by atoms with E-state index >= 15 is 0 Å². The molecule has 4 aromatic rings. The van der Waals surface area contributed by atoms with Crippen molar-refractivity contribution in [2.75, 3.05) is 5.32 Å². The molecule has 4 rings (SSSR count). The number of nitrogens with zero attached hydrogens (tertiary/aromatic N) is 5. The van der Waals surface area contributed by atoms with Crippen LogP contribution >= 0.6 is 0 Å². The molecule has 148 valence electrons. The topological polar surface area (TPSA) is 77.6 Å². The van der Waals surface area contributed by atoms with Gasteiger partial charge in [-0.3, -0.25) is 9.78 Å². The first-order chi connectivity index (χ1) is 14.2. The zero-order valence-corrected chi connectivity index (χ0v) is 16.5. The lowest BCUT2D eigenvalue weighted by Gasteiger charge is -2.11. The SMILES string of the molecule is CCCCc1nc2ccccc2n1CC(=O)Nc1ccnn1Cc1ccccn1. The molecule has 1 aromatic carbocycles. The molecule has 1 N–H and O–H groups in total. The molecule has 0 saturated carbocycles. The van der Waals surface area contributed by atoms with Crippen LogP contribution in [0, 0.1) is 0 Å². The summed E-state index contributed by atoms with van der Waals surface area (Å²) in [6.45, 7) is 2.87. The van der Waals surface area contributed by atoms with Gasteiger partial charge >= 0.3 is 0 Å². The van der Waals surface area contributed by atoms with Crippen molar-refractivity contribution in [3.8, 4) is 0 Å². The fourth-order valence-corrected chi connectivity index (χ4v) is 3.36. The van der Waals surface area contributed by atoms with Crippen molar-refractivity contribution in [2.24, 2.45) is 0 Å². The van der Waals surface area contributed by atoms with Crippen LogP contribution in [0.5, 0.6) is 0 Å². The molecule has 0 aliphatic heterocycles. The van der Waals surface area contributed by atoms with Crippen LogP contribution in [0.4, 0.5) is 5.82 Å². The molecule has 0 aliphatic carbocycles. The smallest absolute Gasteiger partial charge is 0.245 e. The third-order valence-corrected chi connectivity index (χ3v) is 4.81. The number of nitrogens with one attached hydrogen (secondary N) is 1. The van der Waals surface area contributed by atoms with Gasteiger partial charge in [-0.1, -0.05) is 31.5 Å². The van der Waals surface area contributed by atoms with E-state index < -0.39 is 0 Å². The van der Waals surface area contributed by atoms with E-state index in [4.69, 9.17) is 4.98 Å². The fraction of sp³-hybridized carbons (Fsp3) is 0.273. The van der Waals surface area contributed by atoms with E-state index in [9.17, 15) is 4.79 Å². The minimum absolute atomic E-state index is 0.103. The zero-order chi connectivity index (χ0) is 20.1. The Morgan fingerprint density at radius 3 is 2.76 bits per heavy atom. The number of imidazole rings is 1. The monoisotopic (exact) mass is 388 g/mol. The number of aromatic nitrogens is 5. The second-order valence-electron chi connectivity index (χ2n) is 6.95. The van der Waals surface area contributed by atoms with Crippen molar-refractivity contribution in [3.63, 3.8) is 0 Å². The van der Waals surface area contributed by atoms with Gasteiger partial charge in [0.15, 0.2) is 0 Å². The number of amides is 1.